The summed E-state index contributed by atoms with van der Waals surface area (Å²) >= 11 is 1.77. The zero-order valence-corrected chi connectivity index (χ0v) is 31.6. The first-order valence-corrected chi connectivity index (χ1v) is 19.9. The first-order chi connectivity index (χ1) is 28.3. The Hall–Kier alpha value is -7.30. The molecule has 3 heterocycles. The van der Waals surface area contributed by atoms with Crippen LogP contribution in [0.15, 0.2) is 216 Å². The van der Waals surface area contributed by atoms with Crippen molar-refractivity contribution < 1.29 is 0 Å². The molecular formula is C52H34N4S+2. The van der Waals surface area contributed by atoms with Crippen LogP contribution in [0.4, 0.5) is 22.7 Å². The molecule has 0 N–H and O–H groups in total. The molecule has 1 aliphatic rings. The third-order valence-electron chi connectivity index (χ3n) is 10.8. The Morgan fingerprint density at radius 3 is 1.89 bits per heavy atom. The highest BCUT2D eigenvalue weighted by molar-refractivity contribution is 7.99. The maximum absolute atomic E-state index is 4.74. The molecule has 0 bridgehead atoms. The summed E-state index contributed by atoms with van der Waals surface area (Å²) in [7, 11) is 0. The first kappa shape index (κ1) is 33.1. The lowest BCUT2D eigenvalue weighted by Crippen LogP contribution is -2.05. The number of hydrogen-bond acceptors (Lipinski definition) is 2. The number of rotatable bonds is 7. The van der Waals surface area contributed by atoms with Crippen molar-refractivity contribution >= 4 is 73.1 Å². The molecular weight excluding hydrogens is 713 g/mol. The highest BCUT2D eigenvalue weighted by Crippen LogP contribution is 2.47. The van der Waals surface area contributed by atoms with E-state index in [0.717, 1.165) is 71.6 Å². The van der Waals surface area contributed by atoms with Crippen LogP contribution in [0.1, 0.15) is 0 Å². The Bertz CT molecular complexity index is 3180. The summed E-state index contributed by atoms with van der Waals surface area (Å²) in [6.07, 6.45) is 1.86. The normalized spacial score (nSPS) is 12.2. The zero-order chi connectivity index (χ0) is 37.7. The average Bonchev–Trinajstić information content (AvgIpc) is 3.83. The van der Waals surface area contributed by atoms with Gasteiger partial charge in [-0.15, -0.1) is 0 Å². The van der Waals surface area contributed by atoms with Crippen LogP contribution in [0, 0.1) is 0 Å². The maximum Gasteiger partial charge on any atom is 0.503 e. The van der Waals surface area contributed by atoms with Gasteiger partial charge in [0.25, 0.3) is 5.69 Å². The summed E-state index contributed by atoms with van der Waals surface area (Å²) in [4.78, 5) is 7.04. The van der Waals surface area contributed by atoms with E-state index < -0.39 is 0 Å². The second-order valence-electron chi connectivity index (χ2n) is 14.2. The molecule has 0 saturated heterocycles. The highest BCUT2D eigenvalue weighted by Gasteiger charge is 2.41. The van der Waals surface area contributed by atoms with Gasteiger partial charge in [-0.2, -0.15) is 0 Å². The van der Waals surface area contributed by atoms with Gasteiger partial charge in [-0.1, -0.05) is 133 Å². The molecule has 0 unspecified atom stereocenters. The maximum atomic E-state index is 4.74. The minimum absolute atomic E-state index is 0.910. The molecule has 0 spiro atoms. The van der Waals surface area contributed by atoms with E-state index in [-0.39, 0.29) is 0 Å². The van der Waals surface area contributed by atoms with Crippen LogP contribution in [0.2, 0.25) is 0 Å². The van der Waals surface area contributed by atoms with Crippen LogP contribution in [0.25, 0.3) is 60.6 Å². The Kier molecular flexibility index (Phi) is 7.99. The SMILES string of the molecule is C1=[N+](c2cccc(Sc3ccc4c5ccccc5n(-c5ccccn5)c4c3)c2)c2ccc3ccccc3c2[N+]=1c1c(-c2ccccc2)cccc1-c1ccccc1. The molecule has 0 saturated carbocycles. The molecule has 266 valence electrons. The molecule has 4 nitrogen and oxygen atoms in total. The topological polar surface area (TPSA) is 23.8 Å². The summed E-state index contributed by atoms with van der Waals surface area (Å²) in [6.45, 7) is 0. The van der Waals surface area contributed by atoms with Crippen molar-refractivity contribution in [1.82, 2.24) is 18.7 Å². The summed E-state index contributed by atoms with van der Waals surface area (Å²) in [5, 5.41) is 4.79. The van der Waals surface area contributed by atoms with Crippen LogP contribution in [-0.2, 0) is 0 Å². The van der Waals surface area contributed by atoms with Crippen molar-refractivity contribution in [2.24, 2.45) is 0 Å². The Morgan fingerprint density at radius 1 is 0.456 bits per heavy atom. The van der Waals surface area contributed by atoms with Gasteiger partial charge in [-0.05, 0) is 86.3 Å². The number of hydrogen-bond donors (Lipinski definition) is 0. The molecule has 0 amide bonds. The second kappa shape index (κ2) is 13.8. The van der Waals surface area contributed by atoms with Gasteiger partial charge in [0.15, 0.2) is 0 Å². The van der Waals surface area contributed by atoms with Crippen molar-refractivity contribution in [2.75, 3.05) is 0 Å². The Labute approximate surface area is 334 Å². The predicted molar refractivity (Wildman–Crippen MR) is 238 cm³/mol. The molecule has 1 aliphatic heterocycles. The van der Waals surface area contributed by atoms with Crippen molar-refractivity contribution in [3.8, 4) is 28.1 Å². The smallest absolute Gasteiger partial charge is 0.294 e. The summed E-state index contributed by atoms with van der Waals surface area (Å²) in [6, 6.07) is 75.3. The largest absolute Gasteiger partial charge is 0.503 e. The predicted octanol–water partition coefficient (Wildman–Crippen LogP) is 13.7. The van der Waals surface area contributed by atoms with E-state index in [4.69, 9.17) is 4.98 Å². The fraction of sp³-hybridized carbons (Fsp3) is 0. The van der Waals surface area contributed by atoms with E-state index in [0.29, 0.717) is 0 Å². The van der Waals surface area contributed by atoms with Crippen LogP contribution >= 0.6 is 11.8 Å². The average molecular weight is 747 g/mol. The van der Waals surface area contributed by atoms with Gasteiger partial charge in [0.1, 0.15) is 5.82 Å². The number of para-hydroxylation sites is 2. The Morgan fingerprint density at radius 2 is 1.12 bits per heavy atom. The second-order valence-corrected chi connectivity index (χ2v) is 15.3. The minimum Gasteiger partial charge on any atom is -0.294 e. The molecule has 0 radical (unpaired) electrons. The summed E-state index contributed by atoms with van der Waals surface area (Å²) in [5.74, 6) is 0.910. The van der Waals surface area contributed by atoms with Gasteiger partial charge in [0, 0.05) is 45.0 Å². The van der Waals surface area contributed by atoms with Crippen molar-refractivity contribution in [3.05, 3.63) is 206 Å². The van der Waals surface area contributed by atoms with Crippen LogP contribution < -0.4 is 9.15 Å². The lowest BCUT2D eigenvalue weighted by molar-refractivity contribution is 1.08. The van der Waals surface area contributed by atoms with Gasteiger partial charge in [-0.3, -0.25) is 4.57 Å². The fourth-order valence-corrected chi connectivity index (χ4v) is 9.18. The molecule has 57 heavy (non-hydrogen) atoms. The number of benzene rings is 8. The fourth-order valence-electron chi connectivity index (χ4n) is 8.28. The number of nitrogens with zero attached hydrogens (tertiary/aromatic N) is 4. The third-order valence-corrected chi connectivity index (χ3v) is 11.8. The minimum atomic E-state index is 0.910. The van der Waals surface area contributed by atoms with Crippen molar-refractivity contribution in [3.63, 3.8) is 0 Å². The molecule has 5 heteroatoms. The quantitative estimate of drug-likeness (QED) is 0.152. The Balaban J connectivity index is 1.09. The van der Waals surface area contributed by atoms with Crippen molar-refractivity contribution in [2.45, 2.75) is 9.79 Å². The van der Waals surface area contributed by atoms with Crippen LogP contribution in [0.5, 0.6) is 0 Å². The van der Waals surface area contributed by atoms with Gasteiger partial charge in [-0.25, -0.2) is 4.98 Å². The van der Waals surface area contributed by atoms with E-state index in [1.807, 2.05) is 18.3 Å². The van der Waals surface area contributed by atoms with Crippen molar-refractivity contribution in [1.29, 1.82) is 0 Å². The third kappa shape index (κ3) is 5.68. The lowest BCUT2D eigenvalue weighted by Gasteiger charge is -2.11. The van der Waals surface area contributed by atoms with E-state index in [1.165, 1.54) is 21.5 Å². The zero-order valence-electron chi connectivity index (χ0n) is 30.8. The van der Waals surface area contributed by atoms with E-state index in [2.05, 4.69) is 208 Å². The van der Waals surface area contributed by atoms with Gasteiger partial charge >= 0.3 is 11.7 Å². The molecule has 0 fully saturated rings. The molecule has 10 aromatic rings. The number of aromatic nitrogens is 2. The van der Waals surface area contributed by atoms with Crippen LogP contribution in [0.3, 0.4) is 0 Å². The monoisotopic (exact) mass is 746 g/mol. The van der Waals surface area contributed by atoms with Gasteiger partial charge < -0.3 is 0 Å². The van der Waals surface area contributed by atoms with E-state index in [9.17, 15) is 0 Å². The van der Waals surface area contributed by atoms with E-state index >= 15 is 0 Å². The summed E-state index contributed by atoms with van der Waals surface area (Å²) in [5.41, 5.74) is 11.2. The highest BCUT2D eigenvalue weighted by atomic mass is 32.2. The molecule has 8 aromatic carbocycles. The number of pyridine rings is 1. The molecule has 11 rings (SSSR count). The lowest BCUT2D eigenvalue weighted by atomic mass is 9.95. The first-order valence-electron chi connectivity index (χ1n) is 19.1. The molecule has 0 aliphatic carbocycles. The standard InChI is InChI=1S/C52H34N4S/c1-3-15-36(16-4-1)42-24-14-25-43(37-17-5-2-6-18-37)51(42)55-35-54(48-31-28-38-19-7-8-22-44(38)52(48)55)39-20-13-21-40(33-39)57-41-29-30-46-45-23-9-10-26-47(45)56(49(46)34-41)50-27-11-12-32-53-50/h1-34H/q+2. The van der Waals surface area contributed by atoms with Gasteiger partial charge in [0.2, 0.25) is 11.4 Å². The van der Waals surface area contributed by atoms with Gasteiger partial charge in [0.05, 0.1) is 27.5 Å². The van der Waals surface area contributed by atoms with E-state index in [1.54, 1.807) is 11.8 Å². The number of fused-ring (bicyclic) bond motifs is 6. The van der Waals surface area contributed by atoms with Crippen LogP contribution in [-0.4, -0.2) is 15.6 Å². The summed E-state index contributed by atoms with van der Waals surface area (Å²) < 4.78 is 6.79. The molecule has 2 aromatic heterocycles. The molecule has 0 atom stereocenters.